The Kier molecular flexibility index (Phi) is 7.17. The number of ether oxygens (including phenoxy) is 1. The van der Waals surface area contributed by atoms with Gasteiger partial charge in [0.15, 0.2) is 0 Å². The first-order valence-corrected chi connectivity index (χ1v) is 11.2. The zero-order valence-electron chi connectivity index (χ0n) is 17.9. The number of carboxylic acid groups (broad SMARTS) is 1. The number of aryl methyl sites for hydroxylation is 1. The first-order chi connectivity index (χ1) is 15.6. The lowest BCUT2D eigenvalue weighted by Crippen LogP contribution is -2.32. The second-order valence-electron chi connectivity index (χ2n) is 8.46. The molecule has 32 heavy (non-hydrogen) atoms. The number of aliphatic carboxylic acids is 1. The van der Waals surface area contributed by atoms with Crippen LogP contribution in [0, 0.1) is 11.8 Å². The number of fused-ring (bicyclic) bond motifs is 2. The van der Waals surface area contributed by atoms with Crippen LogP contribution >= 0.6 is 0 Å². The number of urea groups is 1. The van der Waals surface area contributed by atoms with Crippen molar-refractivity contribution in [2.24, 2.45) is 16.9 Å². The molecule has 0 spiro atoms. The van der Waals surface area contributed by atoms with Crippen LogP contribution in [0.4, 0.5) is 10.5 Å². The van der Waals surface area contributed by atoms with Crippen molar-refractivity contribution in [1.82, 2.24) is 5.43 Å². The van der Waals surface area contributed by atoms with Gasteiger partial charge in [-0.2, -0.15) is 5.10 Å². The molecular weight excluding hydrogens is 406 g/mol. The van der Waals surface area contributed by atoms with Crippen molar-refractivity contribution in [3.63, 3.8) is 0 Å². The maximum absolute atomic E-state index is 12.1. The topological polar surface area (TPSA) is 100 Å². The van der Waals surface area contributed by atoms with Crippen LogP contribution < -0.4 is 10.7 Å². The summed E-state index contributed by atoms with van der Waals surface area (Å²) in [6.45, 7) is 0. The Balaban J connectivity index is 1.38. The average molecular weight is 436 g/mol. The quantitative estimate of drug-likeness (QED) is 0.405. The summed E-state index contributed by atoms with van der Waals surface area (Å²) in [6, 6.07) is 17.1. The van der Waals surface area contributed by atoms with Crippen LogP contribution in [-0.4, -0.2) is 35.5 Å². The van der Waals surface area contributed by atoms with Gasteiger partial charge < -0.3 is 15.2 Å². The molecule has 2 amide bonds. The highest BCUT2D eigenvalue weighted by molar-refractivity contribution is 5.89. The van der Waals surface area contributed by atoms with Crippen molar-refractivity contribution >= 4 is 23.9 Å². The van der Waals surface area contributed by atoms with E-state index >= 15 is 0 Å². The average Bonchev–Trinajstić information content (AvgIpc) is 3.38. The third kappa shape index (κ3) is 5.53. The van der Waals surface area contributed by atoms with Crippen LogP contribution in [0.25, 0.3) is 0 Å². The summed E-state index contributed by atoms with van der Waals surface area (Å²) in [7, 11) is 0. The molecule has 7 nitrogen and oxygen atoms in total. The summed E-state index contributed by atoms with van der Waals surface area (Å²) in [5, 5.41) is 15.9. The molecule has 0 aliphatic carbocycles. The minimum absolute atomic E-state index is 0.131. The van der Waals surface area contributed by atoms with Crippen molar-refractivity contribution in [3.8, 4) is 0 Å². The largest absolute Gasteiger partial charge is 0.481 e. The van der Waals surface area contributed by atoms with E-state index in [0.717, 1.165) is 25.7 Å². The van der Waals surface area contributed by atoms with Crippen molar-refractivity contribution in [2.45, 2.75) is 50.7 Å². The highest BCUT2D eigenvalue weighted by Gasteiger charge is 2.48. The summed E-state index contributed by atoms with van der Waals surface area (Å²) in [5.41, 5.74) is 5.71. The van der Waals surface area contributed by atoms with Gasteiger partial charge in [-0.25, -0.2) is 10.2 Å². The van der Waals surface area contributed by atoms with Crippen LogP contribution in [0.2, 0.25) is 0 Å². The number of benzene rings is 2. The number of rotatable bonds is 9. The summed E-state index contributed by atoms with van der Waals surface area (Å²) in [5.74, 6) is -0.334. The summed E-state index contributed by atoms with van der Waals surface area (Å²) in [6.07, 6.45) is 6.63. The fourth-order valence-electron chi connectivity index (χ4n) is 4.83. The number of para-hydroxylation sites is 1. The molecule has 168 valence electrons. The van der Waals surface area contributed by atoms with E-state index in [1.54, 1.807) is 0 Å². The normalized spacial score (nSPS) is 24.0. The molecule has 2 heterocycles. The Hall–Kier alpha value is -3.19. The van der Waals surface area contributed by atoms with Crippen molar-refractivity contribution in [1.29, 1.82) is 0 Å². The molecule has 3 N–H and O–H groups in total. The number of carbonyl (C=O) groups is 2. The van der Waals surface area contributed by atoms with Gasteiger partial charge in [-0.3, -0.25) is 4.79 Å². The lowest BCUT2D eigenvalue weighted by atomic mass is 9.76. The molecule has 2 fully saturated rings. The smallest absolute Gasteiger partial charge is 0.339 e. The van der Waals surface area contributed by atoms with Gasteiger partial charge >= 0.3 is 12.0 Å². The van der Waals surface area contributed by atoms with Crippen LogP contribution in [-0.2, 0) is 22.4 Å². The van der Waals surface area contributed by atoms with E-state index in [9.17, 15) is 9.59 Å². The third-order valence-electron chi connectivity index (χ3n) is 6.34. The Bertz CT molecular complexity index is 963. The van der Waals surface area contributed by atoms with Gasteiger partial charge in [0.25, 0.3) is 0 Å². The molecule has 7 heteroatoms. The van der Waals surface area contributed by atoms with E-state index < -0.39 is 5.97 Å². The number of nitrogens with zero attached hydrogens (tertiary/aromatic N) is 1. The molecule has 2 aliphatic rings. The Labute approximate surface area is 187 Å². The number of hydrogen-bond donors (Lipinski definition) is 3. The van der Waals surface area contributed by atoms with Gasteiger partial charge in [0, 0.05) is 24.2 Å². The molecule has 2 aliphatic heterocycles. The molecule has 2 aromatic carbocycles. The minimum Gasteiger partial charge on any atom is -0.481 e. The number of carboxylic acids is 1. The van der Waals surface area contributed by atoms with Gasteiger partial charge in [-0.15, -0.1) is 0 Å². The van der Waals surface area contributed by atoms with E-state index in [1.807, 2.05) is 48.7 Å². The predicted octanol–water partition coefficient (Wildman–Crippen LogP) is 4.24. The predicted molar refractivity (Wildman–Crippen MR) is 123 cm³/mol. The fourth-order valence-corrected chi connectivity index (χ4v) is 4.83. The Morgan fingerprint density at radius 1 is 1.03 bits per heavy atom. The van der Waals surface area contributed by atoms with E-state index in [1.165, 1.54) is 11.1 Å². The number of nitrogens with one attached hydrogen (secondary N) is 2. The number of hydrogen-bond acceptors (Lipinski definition) is 4. The summed E-state index contributed by atoms with van der Waals surface area (Å²) < 4.78 is 6.18. The van der Waals surface area contributed by atoms with E-state index in [-0.39, 0.29) is 36.5 Å². The van der Waals surface area contributed by atoms with E-state index in [2.05, 4.69) is 28.0 Å². The first-order valence-electron chi connectivity index (χ1n) is 11.2. The van der Waals surface area contributed by atoms with Gasteiger partial charge in [0.2, 0.25) is 0 Å². The van der Waals surface area contributed by atoms with Crippen molar-refractivity contribution in [3.05, 3.63) is 65.7 Å². The minimum atomic E-state index is -0.760. The Morgan fingerprint density at radius 2 is 1.75 bits per heavy atom. The van der Waals surface area contributed by atoms with E-state index in [0.29, 0.717) is 12.1 Å². The lowest BCUT2D eigenvalue weighted by Gasteiger charge is -2.26. The monoisotopic (exact) mass is 435 g/mol. The number of amides is 2. The van der Waals surface area contributed by atoms with Crippen molar-refractivity contribution < 1.29 is 19.4 Å². The highest BCUT2D eigenvalue weighted by atomic mass is 16.5. The van der Waals surface area contributed by atoms with Gasteiger partial charge in [-0.1, -0.05) is 42.5 Å². The molecule has 2 saturated heterocycles. The standard InChI is InChI=1S/C25H29N3O4/c29-24(30)12-6-9-17-7-4-5-8-18(17)15-20-21(23-14-13-22(20)32-23)16-26-28-25(31)27-19-10-2-1-3-11-19/h1-5,7-8,10-11,16,20-23H,6,9,12-15H2,(H,29,30)(H2,27,28,31)/b26-16+. The molecule has 2 bridgehead atoms. The fraction of sp³-hybridized carbons (Fsp3) is 0.400. The molecule has 2 aromatic rings. The zero-order valence-corrected chi connectivity index (χ0v) is 17.9. The molecule has 0 saturated carbocycles. The highest BCUT2D eigenvalue weighted by Crippen LogP contribution is 2.44. The zero-order chi connectivity index (χ0) is 22.3. The number of hydrazone groups is 1. The van der Waals surface area contributed by atoms with Crippen molar-refractivity contribution in [2.75, 3.05) is 5.32 Å². The van der Waals surface area contributed by atoms with Crippen LogP contribution in [0.5, 0.6) is 0 Å². The second-order valence-corrected chi connectivity index (χ2v) is 8.46. The SMILES string of the molecule is O=C(O)CCCc1ccccc1CC1C2CCC(O2)C1/C=N/NC(=O)Nc1ccccc1. The van der Waals surface area contributed by atoms with Crippen LogP contribution in [0.15, 0.2) is 59.7 Å². The molecule has 4 atom stereocenters. The second kappa shape index (κ2) is 10.4. The maximum atomic E-state index is 12.1. The van der Waals surface area contributed by atoms with Gasteiger partial charge in [-0.05, 0) is 61.3 Å². The van der Waals surface area contributed by atoms with E-state index in [4.69, 9.17) is 9.84 Å². The first kappa shape index (κ1) is 22.0. The summed E-state index contributed by atoms with van der Waals surface area (Å²) >= 11 is 0. The third-order valence-corrected chi connectivity index (χ3v) is 6.34. The number of carbonyl (C=O) groups excluding carboxylic acids is 1. The molecule has 0 aromatic heterocycles. The van der Waals surface area contributed by atoms with Gasteiger partial charge in [0.1, 0.15) is 0 Å². The van der Waals surface area contributed by atoms with Gasteiger partial charge in [0.05, 0.1) is 12.2 Å². The number of anilines is 1. The Morgan fingerprint density at radius 3 is 2.53 bits per heavy atom. The molecule has 4 unspecified atom stereocenters. The molecule has 0 radical (unpaired) electrons. The molecule has 4 rings (SSSR count). The summed E-state index contributed by atoms with van der Waals surface area (Å²) in [4.78, 5) is 23.0. The maximum Gasteiger partial charge on any atom is 0.339 e. The lowest BCUT2D eigenvalue weighted by molar-refractivity contribution is -0.137. The van der Waals surface area contributed by atoms with Crippen LogP contribution in [0.3, 0.4) is 0 Å². The molecular formula is C25H29N3O4. The van der Waals surface area contributed by atoms with Crippen LogP contribution in [0.1, 0.15) is 36.8 Å².